The maximum atomic E-state index is 11.6. The fourth-order valence-corrected chi connectivity index (χ4v) is 2.73. The predicted molar refractivity (Wildman–Crippen MR) is 56.0 cm³/mol. The highest BCUT2D eigenvalue weighted by Crippen LogP contribution is 2.41. The lowest BCUT2D eigenvalue weighted by Gasteiger charge is -2.11. The van der Waals surface area contributed by atoms with Gasteiger partial charge in [-0.15, -0.1) is 11.6 Å². The second-order valence-corrected chi connectivity index (χ2v) is 5.64. The molecule has 1 unspecified atom stereocenters. The van der Waals surface area contributed by atoms with Crippen molar-refractivity contribution in [1.29, 1.82) is 0 Å². The zero-order valence-corrected chi connectivity index (χ0v) is 9.05. The van der Waals surface area contributed by atoms with E-state index in [1.54, 1.807) is 12.1 Å². The second-order valence-electron chi connectivity index (χ2n) is 2.80. The van der Waals surface area contributed by atoms with Crippen LogP contribution in [0.1, 0.15) is 12.5 Å². The van der Waals surface area contributed by atoms with Crippen molar-refractivity contribution in [2.45, 2.75) is 13.3 Å². The summed E-state index contributed by atoms with van der Waals surface area (Å²) in [7, 11) is -3.31. The van der Waals surface area contributed by atoms with E-state index in [9.17, 15) is 9.46 Å². The molecule has 0 spiro atoms. The van der Waals surface area contributed by atoms with Gasteiger partial charge in [-0.3, -0.25) is 4.57 Å². The molecule has 0 aliphatic heterocycles. The van der Waals surface area contributed by atoms with Crippen LogP contribution in [0.25, 0.3) is 0 Å². The van der Waals surface area contributed by atoms with Gasteiger partial charge in [-0.05, 0) is 18.1 Å². The van der Waals surface area contributed by atoms with Crippen molar-refractivity contribution in [2.75, 3.05) is 5.62 Å². The Morgan fingerprint density at radius 3 is 2.62 bits per heavy atom. The van der Waals surface area contributed by atoms with Gasteiger partial charge in [0.25, 0.3) is 0 Å². The van der Waals surface area contributed by atoms with Crippen LogP contribution >= 0.6 is 19.0 Å². The molecule has 72 valence electrons. The van der Waals surface area contributed by atoms with Crippen molar-refractivity contribution >= 4 is 24.3 Å². The van der Waals surface area contributed by atoms with Gasteiger partial charge in [0.2, 0.25) is 7.37 Å². The Labute approximate surface area is 83.0 Å². The molecular formula is C9H12ClO2P. The van der Waals surface area contributed by atoms with E-state index in [1.807, 2.05) is 19.1 Å². The first kappa shape index (κ1) is 10.8. The van der Waals surface area contributed by atoms with Crippen molar-refractivity contribution in [3.63, 3.8) is 0 Å². The fourth-order valence-electron chi connectivity index (χ4n) is 1.22. The normalized spacial score (nSPS) is 15.3. The molecule has 0 radical (unpaired) electrons. The SMILES string of the molecule is CCc1ccccc1P(=O)(O)CCl. The van der Waals surface area contributed by atoms with E-state index in [2.05, 4.69) is 0 Å². The average molecular weight is 219 g/mol. The zero-order chi connectivity index (χ0) is 9.90. The van der Waals surface area contributed by atoms with E-state index in [0.29, 0.717) is 5.30 Å². The number of rotatable bonds is 3. The van der Waals surface area contributed by atoms with Crippen LogP contribution in [0.2, 0.25) is 0 Å². The molecule has 0 aliphatic rings. The minimum absolute atomic E-state index is 0.218. The number of hydrogen-bond donors (Lipinski definition) is 1. The van der Waals surface area contributed by atoms with Gasteiger partial charge in [0.1, 0.15) is 5.62 Å². The largest absolute Gasteiger partial charge is 0.340 e. The molecule has 1 atom stereocenters. The summed E-state index contributed by atoms with van der Waals surface area (Å²) >= 11 is 5.44. The molecule has 0 aromatic heterocycles. The lowest BCUT2D eigenvalue weighted by Crippen LogP contribution is -2.10. The average Bonchev–Trinajstić information content (AvgIpc) is 2.18. The van der Waals surface area contributed by atoms with Gasteiger partial charge < -0.3 is 4.89 Å². The van der Waals surface area contributed by atoms with Crippen LogP contribution in [-0.2, 0) is 11.0 Å². The third-order valence-corrected chi connectivity index (χ3v) is 4.40. The molecule has 1 aromatic carbocycles. The Hall–Kier alpha value is -0.300. The van der Waals surface area contributed by atoms with Gasteiger partial charge in [-0.1, -0.05) is 25.1 Å². The minimum atomic E-state index is -3.31. The molecule has 13 heavy (non-hydrogen) atoms. The molecule has 1 rings (SSSR count). The Morgan fingerprint density at radius 1 is 1.46 bits per heavy atom. The van der Waals surface area contributed by atoms with Crippen LogP contribution in [0.15, 0.2) is 24.3 Å². The van der Waals surface area contributed by atoms with Crippen LogP contribution in [0.4, 0.5) is 0 Å². The highest BCUT2D eigenvalue weighted by atomic mass is 35.5. The lowest BCUT2D eigenvalue weighted by molar-refractivity contribution is 0.494. The molecule has 0 amide bonds. The number of aryl methyl sites for hydroxylation is 1. The summed E-state index contributed by atoms with van der Waals surface area (Å²) in [5, 5.41) is 0.493. The third-order valence-electron chi connectivity index (χ3n) is 1.91. The predicted octanol–water partition coefficient (Wildman–Crippen LogP) is 2.34. The van der Waals surface area contributed by atoms with E-state index in [1.165, 1.54) is 0 Å². The molecule has 1 N–H and O–H groups in total. The van der Waals surface area contributed by atoms with Crippen molar-refractivity contribution in [1.82, 2.24) is 0 Å². The number of halogens is 1. The minimum Gasteiger partial charge on any atom is -0.340 e. The first-order valence-electron chi connectivity index (χ1n) is 4.08. The molecule has 1 aromatic rings. The zero-order valence-electron chi connectivity index (χ0n) is 7.40. The molecular weight excluding hydrogens is 207 g/mol. The van der Waals surface area contributed by atoms with Gasteiger partial charge in [0, 0.05) is 5.30 Å². The molecule has 0 saturated carbocycles. The van der Waals surface area contributed by atoms with Crippen molar-refractivity contribution in [3.05, 3.63) is 29.8 Å². The van der Waals surface area contributed by atoms with Crippen LogP contribution in [-0.4, -0.2) is 10.5 Å². The van der Waals surface area contributed by atoms with E-state index >= 15 is 0 Å². The molecule has 0 heterocycles. The smallest absolute Gasteiger partial charge is 0.244 e. The molecule has 0 saturated heterocycles. The van der Waals surface area contributed by atoms with Gasteiger partial charge >= 0.3 is 0 Å². The fraction of sp³-hybridized carbons (Fsp3) is 0.333. The monoisotopic (exact) mass is 218 g/mol. The van der Waals surface area contributed by atoms with Gasteiger partial charge in [-0.25, -0.2) is 0 Å². The first-order chi connectivity index (χ1) is 6.11. The standard InChI is InChI=1S/C9H12ClO2P/c1-2-8-5-3-4-6-9(8)13(11,12)7-10/h3-6H,2,7H2,1H3,(H,11,12). The van der Waals surface area contributed by atoms with E-state index in [4.69, 9.17) is 11.6 Å². The van der Waals surface area contributed by atoms with E-state index in [0.717, 1.165) is 12.0 Å². The summed E-state index contributed by atoms with van der Waals surface area (Å²) in [5.41, 5.74) is 0.679. The first-order valence-corrected chi connectivity index (χ1v) is 6.46. The van der Waals surface area contributed by atoms with Crippen LogP contribution in [0.5, 0.6) is 0 Å². The van der Waals surface area contributed by atoms with Gasteiger partial charge in [0.05, 0.1) is 0 Å². The number of benzene rings is 1. The highest BCUT2D eigenvalue weighted by Gasteiger charge is 2.21. The summed E-state index contributed by atoms with van der Waals surface area (Å²) in [6.45, 7) is 1.95. The summed E-state index contributed by atoms with van der Waals surface area (Å²) < 4.78 is 11.6. The second kappa shape index (κ2) is 4.28. The number of alkyl halides is 1. The lowest BCUT2D eigenvalue weighted by atomic mass is 10.2. The topological polar surface area (TPSA) is 37.3 Å². The maximum Gasteiger partial charge on any atom is 0.244 e. The van der Waals surface area contributed by atoms with Crippen LogP contribution < -0.4 is 5.30 Å². The Balaban J connectivity index is 3.21. The maximum absolute atomic E-state index is 11.6. The summed E-state index contributed by atoms with van der Waals surface area (Å²) in [4.78, 5) is 9.53. The molecule has 0 aliphatic carbocycles. The Kier molecular flexibility index (Phi) is 3.55. The Bertz CT molecular complexity index is 338. The molecule has 0 fully saturated rings. The third kappa shape index (κ3) is 2.34. The molecule has 2 nitrogen and oxygen atoms in total. The summed E-state index contributed by atoms with van der Waals surface area (Å²) in [6, 6.07) is 7.13. The summed E-state index contributed by atoms with van der Waals surface area (Å²) in [6.07, 6.45) is 0.748. The quantitative estimate of drug-likeness (QED) is 0.625. The van der Waals surface area contributed by atoms with Crippen LogP contribution in [0.3, 0.4) is 0 Å². The van der Waals surface area contributed by atoms with Crippen molar-refractivity contribution in [2.24, 2.45) is 0 Å². The summed E-state index contributed by atoms with van der Waals surface area (Å²) in [5.74, 6) is 0. The van der Waals surface area contributed by atoms with E-state index in [-0.39, 0.29) is 5.62 Å². The molecule has 4 heteroatoms. The Morgan fingerprint density at radius 2 is 2.08 bits per heavy atom. The highest BCUT2D eigenvalue weighted by molar-refractivity contribution is 7.67. The number of hydrogen-bond acceptors (Lipinski definition) is 1. The van der Waals surface area contributed by atoms with Crippen molar-refractivity contribution < 1.29 is 9.46 Å². The van der Waals surface area contributed by atoms with Crippen LogP contribution in [0, 0.1) is 0 Å². The molecule has 0 bridgehead atoms. The van der Waals surface area contributed by atoms with Crippen molar-refractivity contribution in [3.8, 4) is 0 Å². The van der Waals surface area contributed by atoms with Gasteiger partial charge in [-0.2, -0.15) is 0 Å². The van der Waals surface area contributed by atoms with Gasteiger partial charge in [0.15, 0.2) is 0 Å². The van der Waals surface area contributed by atoms with E-state index < -0.39 is 7.37 Å².